The van der Waals surface area contributed by atoms with Gasteiger partial charge in [-0.1, -0.05) is 48.5 Å². The largest absolute Gasteiger partial charge is 0.489 e. The van der Waals surface area contributed by atoms with Gasteiger partial charge < -0.3 is 14.5 Å². The fourth-order valence-corrected chi connectivity index (χ4v) is 4.27. The predicted octanol–water partition coefficient (Wildman–Crippen LogP) is 6.69. The molecule has 1 N–H and O–H groups in total. The maximum Gasteiger partial charge on any atom is 0.230 e. The van der Waals surface area contributed by atoms with E-state index >= 15 is 0 Å². The quantitative estimate of drug-likeness (QED) is 0.285. The van der Waals surface area contributed by atoms with Crippen LogP contribution in [0.2, 0.25) is 0 Å². The lowest BCUT2D eigenvalue weighted by Crippen LogP contribution is -2.16. The standard InChI is InChI=1S/C31H29N3O2/c1-21-11-12-25(18-23(21)3)30-28(34-17-7-8-22(2)31(34)33-30)19-29(35)32-26-13-15-27(16-14-26)36-20-24-9-5-4-6-10-24/h4-18H,19-20H2,1-3H3,(H,32,35). The number of rotatable bonds is 7. The Labute approximate surface area is 211 Å². The molecule has 0 spiro atoms. The molecule has 1 amide bonds. The number of ether oxygens (including phenoxy) is 1. The van der Waals surface area contributed by atoms with Gasteiger partial charge in [0.05, 0.1) is 17.8 Å². The van der Waals surface area contributed by atoms with Gasteiger partial charge in [-0.05, 0) is 79.4 Å². The summed E-state index contributed by atoms with van der Waals surface area (Å²) in [6, 6.07) is 27.9. The van der Waals surface area contributed by atoms with Gasteiger partial charge in [0.15, 0.2) is 0 Å². The molecule has 0 aliphatic rings. The molecule has 2 aromatic heterocycles. The number of imidazole rings is 1. The molecule has 0 saturated carbocycles. The highest BCUT2D eigenvalue weighted by atomic mass is 16.5. The van der Waals surface area contributed by atoms with Crippen LogP contribution in [-0.4, -0.2) is 15.3 Å². The van der Waals surface area contributed by atoms with Crippen LogP contribution >= 0.6 is 0 Å². The van der Waals surface area contributed by atoms with Crippen molar-refractivity contribution in [2.45, 2.75) is 33.8 Å². The van der Waals surface area contributed by atoms with Crippen molar-refractivity contribution in [3.05, 3.63) is 119 Å². The molecule has 0 radical (unpaired) electrons. The van der Waals surface area contributed by atoms with Gasteiger partial charge in [-0.3, -0.25) is 4.79 Å². The lowest BCUT2D eigenvalue weighted by molar-refractivity contribution is -0.115. The van der Waals surface area contributed by atoms with E-state index in [2.05, 4.69) is 37.4 Å². The van der Waals surface area contributed by atoms with Gasteiger partial charge >= 0.3 is 0 Å². The summed E-state index contributed by atoms with van der Waals surface area (Å²) in [6.45, 7) is 6.73. The van der Waals surface area contributed by atoms with E-state index < -0.39 is 0 Å². The van der Waals surface area contributed by atoms with Crippen molar-refractivity contribution in [1.82, 2.24) is 9.38 Å². The number of aromatic nitrogens is 2. The summed E-state index contributed by atoms with van der Waals surface area (Å²) in [4.78, 5) is 18.1. The zero-order chi connectivity index (χ0) is 25.1. The fraction of sp³-hybridized carbons (Fsp3) is 0.161. The smallest absolute Gasteiger partial charge is 0.230 e. The molecule has 0 fully saturated rings. The highest BCUT2D eigenvalue weighted by molar-refractivity contribution is 5.93. The number of aryl methyl sites for hydroxylation is 3. The third-order valence-corrected chi connectivity index (χ3v) is 6.44. The van der Waals surface area contributed by atoms with Gasteiger partial charge in [-0.15, -0.1) is 0 Å². The van der Waals surface area contributed by atoms with Crippen molar-refractivity contribution >= 4 is 17.2 Å². The van der Waals surface area contributed by atoms with Gasteiger partial charge in [0.1, 0.15) is 18.0 Å². The SMILES string of the molecule is Cc1ccc(-c2nc3c(C)cccn3c2CC(=O)Nc2ccc(OCc3ccccc3)cc2)cc1C. The Balaban J connectivity index is 1.34. The van der Waals surface area contributed by atoms with Crippen LogP contribution in [0.5, 0.6) is 5.75 Å². The van der Waals surface area contributed by atoms with Crippen molar-refractivity contribution in [3.63, 3.8) is 0 Å². The van der Waals surface area contributed by atoms with E-state index in [9.17, 15) is 4.79 Å². The number of nitrogens with zero attached hydrogens (tertiary/aromatic N) is 2. The zero-order valence-electron chi connectivity index (χ0n) is 20.8. The van der Waals surface area contributed by atoms with Crippen LogP contribution in [0.25, 0.3) is 16.9 Å². The Bertz CT molecular complexity index is 1520. The van der Waals surface area contributed by atoms with Crippen LogP contribution in [0.15, 0.2) is 91.1 Å². The molecule has 5 aromatic rings. The van der Waals surface area contributed by atoms with Crippen LogP contribution < -0.4 is 10.1 Å². The Morgan fingerprint density at radius 2 is 1.64 bits per heavy atom. The molecule has 0 atom stereocenters. The highest BCUT2D eigenvalue weighted by Gasteiger charge is 2.18. The molecule has 0 bridgehead atoms. The minimum atomic E-state index is -0.0960. The summed E-state index contributed by atoms with van der Waals surface area (Å²) in [5.74, 6) is 0.660. The molecule has 3 aromatic carbocycles. The van der Waals surface area contributed by atoms with Gasteiger partial charge in [0, 0.05) is 17.4 Å². The van der Waals surface area contributed by atoms with Gasteiger partial charge in [-0.2, -0.15) is 0 Å². The maximum absolute atomic E-state index is 13.1. The summed E-state index contributed by atoms with van der Waals surface area (Å²) < 4.78 is 7.88. The fourth-order valence-electron chi connectivity index (χ4n) is 4.27. The van der Waals surface area contributed by atoms with Crippen molar-refractivity contribution < 1.29 is 9.53 Å². The van der Waals surface area contributed by atoms with E-state index in [0.717, 1.165) is 45.2 Å². The van der Waals surface area contributed by atoms with Crippen LogP contribution in [0, 0.1) is 20.8 Å². The molecule has 2 heterocycles. The van der Waals surface area contributed by atoms with Crippen molar-refractivity contribution in [2.24, 2.45) is 0 Å². The molecular formula is C31H29N3O2. The Kier molecular flexibility index (Phi) is 6.54. The Morgan fingerprint density at radius 1 is 0.861 bits per heavy atom. The zero-order valence-corrected chi connectivity index (χ0v) is 20.8. The first-order valence-corrected chi connectivity index (χ1v) is 12.1. The van der Waals surface area contributed by atoms with E-state index in [-0.39, 0.29) is 12.3 Å². The van der Waals surface area contributed by atoms with E-state index in [4.69, 9.17) is 9.72 Å². The molecule has 5 heteroatoms. The predicted molar refractivity (Wildman–Crippen MR) is 144 cm³/mol. The van der Waals surface area contributed by atoms with Crippen LogP contribution in [0.4, 0.5) is 5.69 Å². The van der Waals surface area contributed by atoms with E-state index in [0.29, 0.717) is 6.61 Å². The number of amides is 1. The number of nitrogens with one attached hydrogen (secondary N) is 1. The second-order valence-corrected chi connectivity index (χ2v) is 9.11. The molecule has 5 rings (SSSR count). The summed E-state index contributed by atoms with van der Waals surface area (Å²) in [7, 11) is 0. The number of pyridine rings is 1. The maximum atomic E-state index is 13.1. The first kappa shape index (κ1) is 23.4. The minimum Gasteiger partial charge on any atom is -0.489 e. The third kappa shape index (κ3) is 5.01. The Morgan fingerprint density at radius 3 is 2.39 bits per heavy atom. The molecule has 0 unspecified atom stereocenters. The van der Waals surface area contributed by atoms with Gasteiger partial charge in [0.25, 0.3) is 0 Å². The average Bonchev–Trinajstić information content (AvgIpc) is 3.25. The number of benzene rings is 3. The summed E-state index contributed by atoms with van der Waals surface area (Å²) in [5, 5.41) is 3.02. The average molecular weight is 476 g/mol. The van der Waals surface area contributed by atoms with Crippen LogP contribution in [-0.2, 0) is 17.8 Å². The van der Waals surface area contributed by atoms with E-state index in [1.165, 1.54) is 11.1 Å². The first-order valence-electron chi connectivity index (χ1n) is 12.1. The number of fused-ring (bicyclic) bond motifs is 1. The number of carbonyl (C=O) groups is 1. The molecular weight excluding hydrogens is 446 g/mol. The summed E-state index contributed by atoms with van der Waals surface area (Å²) in [5.41, 5.74) is 8.94. The monoisotopic (exact) mass is 475 g/mol. The molecule has 0 aliphatic carbocycles. The second-order valence-electron chi connectivity index (χ2n) is 9.11. The highest BCUT2D eigenvalue weighted by Crippen LogP contribution is 2.28. The summed E-state index contributed by atoms with van der Waals surface area (Å²) in [6.07, 6.45) is 2.18. The molecule has 5 nitrogen and oxygen atoms in total. The van der Waals surface area contributed by atoms with Crippen LogP contribution in [0.3, 0.4) is 0 Å². The van der Waals surface area contributed by atoms with Gasteiger partial charge in [0.2, 0.25) is 5.91 Å². The second kappa shape index (κ2) is 10.1. The van der Waals surface area contributed by atoms with E-state index in [1.807, 2.05) is 84.3 Å². The van der Waals surface area contributed by atoms with Crippen LogP contribution in [0.1, 0.15) is 27.9 Å². The number of anilines is 1. The molecule has 0 saturated heterocycles. The minimum absolute atomic E-state index is 0.0960. The van der Waals surface area contributed by atoms with Crippen molar-refractivity contribution in [3.8, 4) is 17.0 Å². The lowest BCUT2D eigenvalue weighted by atomic mass is 10.0. The van der Waals surface area contributed by atoms with Crippen molar-refractivity contribution in [2.75, 3.05) is 5.32 Å². The molecule has 0 aliphatic heterocycles. The first-order chi connectivity index (χ1) is 17.5. The topological polar surface area (TPSA) is 55.6 Å². The molecule has 36 heavy (non-hydrogen) atoms. The summed E-state index contributed by atoms with van der Waals surface area (Å²) >= 11 is 0. The third-order valence-electron chi connectivity index (χ3n) is 6.44. The normalized spacial score (nSPS) is 11.0. The van der Waals surface area contributed by atoms with Gasteiger partial charge in [-0.25, -0.2) is 4.98 Å². The van der Waals surface area contributed by atoms with Crippen molar-refractivity contribution in [1.29, 1.82) is 0 Å². The number of hydrogen-bond donors (Lipinski definition) is 1. The number of hydrogen-bond acceptors (Lipinski definition) is 3. The lowest BCUT2D eigenvalue weighted by Gasteiger charge is -2.10. The molecule has 180 valence electrons. The number of carbonyl (C=O) groups excluding carboxylic acids is 1. The Hall–Kier alpha value is -4.38. The van der Waals surface area contributed by atoms with E-state index in [1.54, 1.807) is 0 Å².